The van der Waals surface area contributed by atoms with Crippen LogP contribution in [0.25, 0.3) is 0 Å². The number of hydrogen-bond donors (Lipinski definition) is 1. The SMILES string of the molecule is C#C[C@@]1(O)CC[C@H]2[C@@H]3CC[C@@H]4C[C@H](OC(C)=O)CC[C@]4(C)[C@H]3CC[C@@]21C. The van der Waals surface area contributed by atoms with E-state index in [0.717, 1.165) is 38.0 Å². The van der Waals surface area contributed by atoms with Gasteiger partial charge < -0.3 is 9.84 Å². The maximum Gasteiger partial charge on any atom is 0.302 e. The molecule has 4 aliphatic carbocycles. The smallest absolute Gasteiger partial charge is 0.302 e. The topological polar surface area (TPSA) is 46.5 Å². The van der Waals surface area contributed by atoms with Crippen LogP contribution in [0, 0.1) is 46.8 Å². The molecule has 0 radical (unpaired) electrons. The summed E-state index contributed by atoms with van der Waals surface area (Å²) in [5.74, 6) is 5.29. The number of esters is 1. The number of hydrogen-bond acceptors (Lipinski definition) is 3. The van der Waals surface area contributed by atoms with E-state index in [-0.39, 0.29) is 17.5 Å². The summed E-state index contributed by atoms with van der Waals surface area (Å²) in [6, 6.07) is 0. The van der Waals surface area contributed by atoms with Crippen molar-refractivity contribution in [3.8, 4) is 12.3 Å². The Morgan fingerprint density at radius 1 is 1.08 bits per heavy atom. The van der Waals surface area contributed by atoms with Gasteiger partial charge >= 0.3 is 5.97 Å². The summed E-state index contributed by atoms with van der Waals surface area (Å²) in [5, 5.41) is 11.1. The lowest BCUT2D eigenvalue weighted by Gasteiger charge is -2.61. The van der Waals surface area contributed by atoms with Gasteiger partial charge in [0.05, 0.1) is 0 Å². The van der Waals surface area contributed by atoms with Crippen LogP contribution in [0.15, 0.2) is 0 Å². The Morgan fingerprint density at radius 2 is 1.81 bits per heavy atom. The molecular formula is C23H34O3. The minimum Gasteiger partial charge on any atom is -0.463 e. The fraction of sp³-hybridized carbons (Fsp3) is 0.870. The van der Waals surface area contributed by atoms with Crippen LogP contribution in [0.2, 0.25) is 0 Å². The first-order chi connectivity index (χ1) is 12.2. The zero-order chi connectivity index (χ0) is 18.7. The summed E-state index contributed by atoms with van der Waals surface area (Å²) in [7, 11) is 0. The molecule has 0 heterocycles. The van der Waals surface area contributed by atoms with Gasteiger partial charge in [-0.3, -0.25) is 4.79 Å². The average Bonchev–Trinajstić information content (AvgIpc) is 2.87. The van der Waals surface area contributed by atoms with Crippen molar-refractivity contribution in [3.05, 3.63) is 0 Å². The van der Waals surface area contributed by atoms with E-state index in [2.05, 4.69) is 19.8 Å². The summed E-state index contributed by atoms with van der Waals surface area (Å²) >= 11 is 0. The van der Waals surface area contributed by atoms with E-state index >= 15 is 0 Å². The van der Waals surface area contributed by atoms with E-state index in [0.29, 0.717) is 23.2 Å². The molecular weight excluding hydrogens is 324 g/mol. The molecule has 4 aliphatic rings. The van der Waals surface area contributed by atoms with Crippen LogP contribution >= 0.6 is 0 Å². The summed E-state index contributed by atoms with van der Waals surface area (Å²) in [5.41, 5.74) is -0.661. The number of carbonyl (C=O) groups excluding carboxylic acids is 1. The monoisotopic (exact) mass is 358 g/mol. The second-order valence-corrected chi connectivity index (χ2v) is 10.2. The standard InChI is InChI=1S/C23H34O3/c1-5-23(25)13-10-20-18-7-6-16-14-17(26-15(2)24)8-11-21(16,3)19(18)9-12-22(20,23)4/h1,16-20,25H,6-14H2,2-4H3/t16-,17-,18-,19+,20+,21+,22+,23-/m1/s1. The van der Waals surface area contributed by atoms with Crippen LogP contribution in [0.5, 0.6) is 0 Å². The quantitative estimate of drug-likeness (QED) is 0.561. The second kappa shape index (κ2) is 5.99. The lowest BCUT2D eigenvalue weighted by Crippen LogP contribution is -2.56. The van der Waals surface area contributed by atoms with Crippen LogP contribution in [0.1, 0.15) is 78.6 Å². The van der Waals surface area contributed by atoms with Crippen LogP contribution in [0.3, 0.4) is 0 Å². The maximum absolute atomic E-state index is 11.4. The molecule has 0 saturated heterocycles. The van der Waals surface area contributed by atoms with Crippen LogP contribution in [-0.4, -0.2) is 22.8 Å². The normalized spacial score (nSPS) is 53.0. The largest absolute Gasteiger partial charge is 0.463 e. The molecule has 4 rings (SSSR count). The molecule has 4 saturated carbocycles. The van der Waals surface area contributed by atoms with E-state index in [1.54, 1.807) is 0 Å². The molecule has 3 nitrogen and oxygen atoms in total. The van der Waals surface area contributed by atoms with Crippen molar-refractivity contribution in [1.82, 2.24) is 0 Å². The molecule has 3 heteroatoms. The molecule has 0 aliphatic heterocycles. The molecule has 8 atom stereocenters. The predicted molar refractivity (Wildman–Crippen MR) is 101 cm³/mol. The Labute approximate surface area is 158 Å². The number of ether oxygens (including phenoxy) is 1. The fourth-order valence-corrected chi connectivity index (χ4v) is 7.81. The summed E-state index contributed by atoms with van der Waals surface area (Å²) in [4.78, 5) is 11.4. The Balaban J connectivity index is 1.56. The highest BCUT2D eigenvalue weighted by atomic mass is 16.5. The average molecular weight is 359 g/mol. The molecule has 0 amide bonds. The molecule has 0 aromatic heterocycles. The first kappa shape index (κ1) is 18.4. The van der Waals surface area contributed by atoms with E-state index < -0.39 is 5.60 Å². The minimum absolute atomic E-state index is 0.110. The molecule has 26 heavy (non-hydrogen) atoms. The summed E-state index contributed by atoms with van der Waals surface area (Å²) in [6.07, 6.45) is 15.7. The third-order valence-corrected chi connectivity index (χ3v) is 9.34. The van der Waals surface area contributed by atoms with Crippen LogP contribution < -0.4 is 0 Å². The highest BCUT2D eigenvalue weighted by Crippen LogP contribution is 2.68. The number of fused-ring (bicyclic) bond motifs is 5. The lowest BCUT2D eigenvalue weighted by atomic mass is 9.44. The van der Waals surface area contributed by atoms with Gasteiger partial charge in [0.25, 0.3) is 0 Å². The Kier molecular flexibility index (Phi) is 4.23. The Morgan fingerprint density at radius 3 is 2.50 bits per heavy atom. The minimum atomic E-state index is -0.909. The van der Waals surface area contributed by atoms with Gasteiger partial charge in [-0.2, -0.15) is 0 Å². The molecule has 0 unspecified atom stereocenters. The third-order valence-electron chi connectivity index (χ3n) is 9.34. The van der Waals surface area contributed by atoms with Gasteiger partial charge in [-0.05, 0) is 86.9 Å². The van der Waals surface area contributed by atoms with E-state index in [9.17, 15) is 9.90 Å². The third kappa shape index (κ3) is 2.40. The number of terminal acetylenes is 1. The number of rotatable bonds is 1. The van der Waals surface area contributed by atoms with Crippen molar-refractivity contribution >= 4 is 5.97 Å². The van der Waals surface area contributed by atoms with E-state index in [4.69, 9.17) is 11.2 Å². The Bertz CT molecular complexity index is 636. The van der Waals surface area contributed by atoms with E-state index in [1.807, 2.05) is 0 Å². The number of aliphatic hydroxyl groups is 1. The molecule has 0 aromatic carbocycles. The zero-order valence-corrected chi connectivity index (χ0v) is 16.6. The van der Waals surface area contributed by atoms with Crippen LogP contribution in [-0.2, 0) is 9.53 Å². The van der Waals surface area contributed by atoms with Crippen molar-refractivity contribution in [2.45, 2.75) is 90.3 Å². The van der Waals surface area contributed by atoms with Crippen molar-refractivity contribution in [2.75, 3.05) is 0 Å². The highest BCUT2D eigenvalue weighted by Gasteiger charge is 2.64. The van der Waals surface area contributed by atoms with Crippen molar-refractivity contribution in [1.29, 1.82) is 0 Å². The first-order valence-electron chi connectivity index (χ1n) is 10.6. The molecule has 4 fully saturated rings. The first-order valence-corrected chi connectivity index (χ1v) is 10.6. The molecule has 0 aromatic rings. The van der Waals surface area contributed by atoms with Gasteiger partial charge in [-0.1, -0.05) is 19.8 Å². The van der Waals surface area contributed by atoms with Gasteiger partial charge in [0.1, 0.15) is 11.7 Å². The van der Waals surface area contributed by atoms with Gasteiger partial charge in [0, 0.05) is 12.3 Å². The van der Waals surface area contributed by atoms with Gasteiger partial charge in [-0.25, -0.2) is 0 Å². The predicted octanol–water partition coefficient (Wildman–Crippen LogP) is 4.33. The van der Waals surface area contributed by atoms with E-state index in [1.165, 1.54) is 32.6 Å². The molecule has 1 N–H and O–H groups in total. The number of carbonyl (C=O) groups is 1. The molecule has 0 spiro atoms. The Hall–Kier alpha value is -1.01. The van der Waals surface area contributed by atoms with Crippen LogP contribution in [0.4, 0.5) is 0 Å². The van der Waals surface area contributed by atoms with Gasteiger partial charge in [-0.15, -0.1) is 6.42 Å². The molecule has 144 valence electrons. The zero-order valence-electron chi connectivity index (χ0n) is 16.6. The second-order valence-electron chi connectivity index (χ2n) is 10.2. The van der Waals surface area contributed by atoms with Crippen molar-refractivity contribution in [3.63, 3.8) is 0 Å². The highest BCUT2D eigenvalue weighted by molar-refractivity contribution is 5.66. The fourth-order valence-electron chi connectivity index (χ4n) is 7.81. The maximum atomic E-state index is 11.4. The van der Waals surface area contributed by atoms with Crippen molar-refractivity contribution < 1.29 is 14.6 Å². The molecule has 0 bridgehead atoms. The van der Waals surface area contributed by atoms with Gasteiger partial charge in [0.2, 0.25) is 0 Å². The van der Waals surface area contributed by atoms with Crippen molar-refractivity contribution in [2.24, 2.45) is 34.5 Å². The summed E-state index contributed by atoms with van der Waals surface area (Å²) in [6.45, 7) is 6.29. The summed E-state index contributed by atoms with van der Waals surface area (Å²) < 4.78 is 5.55. The van der Waals surface area contributed by atoms with Gasteiger partial charge in [0.15, 0.2) is 0 Å². The lowest BCUT2D eigenvalue weighted by molar-refractivity contribution is -0.163.